The van der Waals surface area contributed by atoms with Crippen LogP contribution in [0.1, 0.15) is 59.3 Å². The molecule has 0 aliphatic heterocycles. The van der Waals surface area contributed by atoms with Crippen LogP contribution in [0.15, 0.2) is 0 Å². The van der Waals surface area contributed by atoms with Crippen LogP contribution in [0, 0.1) is 0 Å². The molecule has 0 bridgehead atoms. The van der Waals surface area contributed by atoms with Crippen LogP contribution in [0.2, 0.25) is 4.44 Å². The van der Waals surface area contributed by atoms with E-state index in [0.29, 0.717) is 6.42 Å². The summed E-state index contributed by atoms with van der Waals surface area (Å²) in [5.41, 5.74) is 0. The van der Waals surface area contributed by atoms with Crippen molar-refractivity contribution >= 4 is 40.4 Å². The molecule has 0 saturated carbocycles. The summed E-state index contributed by atoms with van der Waals surface area (Å²) in [5.74, 6) is -3.94. The Hall–Kier alpha value is -0.791. The SMILES string of the molecule is CC(=O)OC(CCCCCC[CH2][SnH3])(OC(C)=O)OC(C)=O. The van der Waals surface area contributed by atoms with Gasteiger partial charge < -0.3 is 0 Å². The summed E-state index contributed by atoms with van der Waals surface area (Å²) in [6, 6.07) is 0. The van der Waals surface area contributed by atoms with E-state index in [2.05, 4.69) is 0 Å². The van der Waals surface area contributed by atoms with Crippen LogP contribution < -0.4 is 0 Å². The van der Waals surface area contributed by atoms with Crippen LogP contribution in [-0.4, -0.2) is 46.4 Å². The summed E-state index contributed by atoms with van der Waals surface area (Å²) >= 11 is 0.758. The molecular formula is C14H26O6Sn. The molecule has 21 heavy (non-hydrogen) atoms. The van der Waals surface area contributed by atoms with E-state index in [9.17, 15) is 14.4 Å². The van der Waals surface area contributed by atoms with Crippen LogP contribution in [-0.2, 0) is 28.6 Å². The molecule has 122 valence electrons. The normalized spacial score (nSPS) is 11.0. The number of carbonyl (C=O) groups excluding carboxylic acids is 3. The van der Waals surface area contributed by atoms with Crippen molar-refractivity contribution in [3.63, 3.8) is 0 Å². The Kier molecular flexibility index (Phi) is 10.5. The monoisotopic (exact) mass is 410 g/mol. The van der Waals surface area contributed by atoms with Gasteiger partial charge in [-0.1, -0.05) is 0 Å². The standard InChI is InChI=1S/C14H23O6.Sn.3H/c1-5-6-7-8-9-10-14(18-11(2)15,19-12(3)16)20-13(4)17;;;;/h1,5-10H2,2-4H3;;;;. The van der Waals surface area contributed by atoms with Gasteiger partial charge in [0, 0.05) is 0 Å². The molecule has 7 heteroatoms. The molecule has 0 spiro atoms. The molecule has 0 unspecified atom stereocenters. The van der Waals surface area contributed by atoms with Gasteiger partial charge in [-0.25, -0.2) is 0 Å². The molecule has 0 fully saturated rings. The van der Waals surface area contributed by atoms with Gasteiger partial charge in [-0.05, 0) is 0 Å². The molecular weight excluding hydrogens is 383 g/mol. The molecule has 0 aromatic heterocycles. The van der Waals surface area contributed by atoms with E-state index in [0.717, 1.165) is 35.4 Å². The van der Waals surface area contributed by atoms with Crippen molar-refractivity contribution in [1.29, 1.82) is 0 Å². The number of hydrogen-bond acceptors (Lipinski definition) is 6. The fraction of sp³-hybridized carbons (Fsp3) is 0.786. The van der Waals surface area contributed by atoms with E-state index in [4.69, 9.17) is 14.2 Å². The quantitative estimate of drug-likeness (QED) is 0.235. The summed E-state index contributed by atoms with van der Waals surface area (Å²) in [6.07, 6.45) is 5.20. The number of hydrogen-bond donors (Lipinski definition) is 0. The van der Waals surface area contributed by atoms with Crippen molar-refractivity contribution in [2.45, 2.75) is 69.7 Å². The first kappa shape index (κ1) is 20.2. The molecule has 0 aliphatic carbocycles. The van der Waals surface area contributed by atoms with Crippen LogP contribution in [0.3, 0.4) is 0 Å². The molecule has 0 aromatic rings. The van der Waals surface area contributed by atoms with E-state index in [1.54, 1.807) is 0 Å². The Balaban J connectivity index is 4.62. The average Bonchev–Trinajstić information content (AvgIpc) is 2.30. The van der Waals surface area contributed by atoms with Gasteiger partial charge in [0.2, 0.25) is 0 Å². The first-order valence-electron chi connectivity index (χ1n) is 7.40. The maximum atomic E-state index is 11.2. The number of esters is 3. The van der Waals surface area contributed by atoms with Crippen molar-refractivity contribution in [2.24, 2.45) is 0 Å². The van der Waals surface area contributed by atoms with Crippen molar-refractivity contribution < 1.29 is 28.6 Å². The van der Waals surface area contributed by atoms with Gasteiger partial charge in [-0.15, -0.1) is 0 Å². The van der Waals surface area contributed by atoms with Crippen LogP contribution in [0.5, 0.6) is 0 Å². The van der Waals surface area contributed by atoms with Crippen molar-refractivity contribution in [3.8, 4) is 0 Å². The Morgan fingerprint density at radius 2 is 1.14 bits per heavy atom. The molecule has 0 heterocycles. The topological polar surface area (TPSA) is 78.9 Å². The molecule has 0 saturated heterocycles. The van der Waals surface area contributed by atoms with E-state index >= 15 is 0 Å². The Morgan fingerprint density at radius 3 is 1.52 bits per heavy atom. The molecule has 0 aliphatic rings. The summed E-state index contributed by atoms with van der Waals surface area (Å²) in [7, 11) is 0. The van der Waals surface area contributed by atoms with Crippen LogP contribution in [0.25, 0.3) is 0 Å². The predicted molar refractivity (Wildman–Crippen MR) is 80.5 cm³/mol. The van der Waals surface area contributed by atoms with Crippen LogP contribution >= 0.6 is 0 Å². The Morgan fingerprint density at radius 1 is 0.762 bits per heavy atom. The predicted octanol–water partition coefficient (Wildman–Crippen LogP) is 1.45. The zero-order valence-corrected chi connectivity index (χ0v) is 19.1. The van der Waals surface area contributed by atoms with Crippen LogP contribution in [0.4, 0.5) is 0 Å². The van der Waals surface area contributed by atoms with Gasteiger partial charge in [0.15, 0.2) is 0 Å². The minimum absolute atomic E-state index is 0.150. The zero-order chi connectivity index (χ0) is 16.3. The Bertz CT molecular complexity index is 315. The minimum atomic E-state index is -1.93. The summed E-state index contributed by atoms with van der Waals surface area (Å²) in [4.78, 5) is 33.6. The second-order valence-corrected chi connectivity index (χ2v) is 7.84. The molecule has 0 amide bonds. The third kappa shape index (κ3) is 10.6. The molecule has 0 radical (unpaired) electrons. The molecule has 0 atom stereocenters. The van der Waals surface area contributed by atoms with Crippen molar-refractivity contribution in [1.82, 2.24) is 0 Å². The fourth-order valence-corrected chi connectivity index (χ4v) is 3.42. The first-order valence-corrected chi connectivity index (χ1v) is 11.4. The molecule has 0 rings (SSSR count). The van der Waals surface area contributed by atoms with Gasteiger partial charge >= 0.3 is 139 Å². The second kappa shape index (κ2) is 10.9. The number of rotatable bonds is 10. The third-order valence-corrected chi connectivity index (χ3v) is 4.75. The summed E-state index contributed by atoms with van der Waals surface area (Å²) < 4.78 is 16.3. The maximum absolute atomic E-state index is 11.2. The van der Waals surface area contributed by atoms with E-state index < -0.39 is 23.9 Å². The fourth-order valence-electron chi connectivity index (χ4n) is 1.99. The number of unbranched alkanes of at least 4 members (excludes halogenated alkanes) is 4. The van der Waals surface area contributed by atoms with E-state index in [1.165, 1.54) is 38.0 Å². The third-order valence-electron chi connectivity index (χ3n) is 2.73. The van der Waals surface area contributed by atoms with Gasteiger partial charge in [0.05, 0.1) is 0 Å². The molecule has 6 nitrogen and oxygen atoms in total. The number of carbonyl (C=O) groups is 3. The van der Waals surface area contributed by atoms with Gasteiger partial charge in [0.1, 0.15) is 0 Å². The van der Waals surface area contributed by atoms with Gasteiger partial charge in [-0.2, -0.15) is 0 Å². The van der Waals surface area contributed by atoms with Crippen molar-refractivity contribution in [3.05, 3.63) is 0 Å². The van der Waals surface area contributed by atoms with E-state index in [1.807, 2.05) is 0 Å². The average molecular weight is 409 g/mol. The Labute approximate surface area is 139 Å². The summed E-state index contributed by atoms with van der Waals surface area (Å²) in [5, 5.41) is 0. The van der Waals surface area contributed by atoms with Gasteiger partial charge in [0.25, 0.3) is 0 Å². The second-order valence-electron chi connectivity index (χ2n) is 4.98. The first-order chi connectivity index (χ1) is 9.81. The number of ether oxygens (including phenoxy) is 3. The summed E-state index contributed by atoms with van der Waals surface area (Å²) in [6.45, 7) is 3.53. The zero-order valence-electron chi connectivity index (χ0n) is 13.4. The molecule has 0 N–H and O–H groups in total. The van der Waals surface area contributed by atoms with E-state index in [-0.39, 0.29) is 6.42 Å². The van der Waals surface area contributed by atoms with Gasteiger partial charge in [-0.3, -0.25) is 0 Å². The molecule has 0 aromatic carbocycles. The van der Waals surface area contributed by atoms with Crippen molar-refractivity contribution in [2.75, 3.05) is 0 Å².